The van der Waals surface area contributed by atoms with Crippen molar-refractivity contribution in [3.63, 3.8) is 0 Å². The number of nitrogens with zero attached hydrogens (tertiary/aromatic N) is 1. The van der Waals surface area contributed by atoms with Crippen molar-refractivity contribution < 1.29 is 8.85 Å². The summed E-state index contributed by atoms with van der Waals surface area (Å²) in [6.45, 7) is 0.435. The van der Waals surface area contributed by atoms with E-state index in [9.17, 15) is 0 Å². The van der Waals surface area contributed by atoms with Crippen LogP contribution in [0.25, 0.3) is 0 Å². The molecule has 0 fully saturated rings. The Bertz CT molecular complexity index is 644. The first kappa shape index (κ1) is 10.9. The average molecular weight is 272 g/mol. The van der Waals surface area contributed by atoms with Crippen molar-refractivity contribution in [2.24, 2.45) is 0 Å². The van der Waals surface area contributed by atoms with E-state index in [2.05, 4.69) is 0 Å². The van der Waals surface area contributed by atoms with Gasteiger partial charge in [-0.15, -0.1) is 0 Å². The lowest BCUT2D eigenvalue weighted by atomic mass is 10.1. The third kappa shape index (κ3) is 4.10. The summed E-state index contributed by atoms with van der Waals surface area (Å²) >= 11 is 0. The van der Waals surface area contributed by atoms with Crippen LogP contribution in [0.4, 0.5) is 0 Å². The number of aryl methyl sites for hydroxylation is 1. The number of rotatable bonds is 6. The molecule has 0 aromatic heterocycles. The Morgan fingerprint density at radius 1 is 1.15 bits per heavy atom. The van der Waals surface area contributed by atoms with Crippen molar-refractivity contribution in [2.75, 3.05) is 20.6 Å². The highest BCUT2D eigenvalue weighted by Gasteiger charge is 2.14. The van der Waals surface area contributed by atoms with Gasteiger partial charge < -0.3 is 9.64 Å². The van der Waals surface area contributed by atoms with E-state index in [0.717, 1.165) is 11.1 Å². The van der Waals surface area contributed by atoms with E-state index in [-0.39, 0.29) is 6.42 Å². The molecule has 2 rings (SSSR count). The molecule has 106 valence electrons. The SMILES string of the molecule is [2H]c1ccc(C)c(OC(CC([2H])([2H])N(C)C)c2ccccc2)c1. The van der Waals surface area contributed by atoms with Gasteiger partial charge in [0.1, 0.15) is 11.9 Å². The van der Waals surface area contributed by atoms with E-state index in [1.54, 1.807) is 31.1 Å². The van der Waals surface area contributed by atoms with Crippen LogP contribution in [0.2, 0.25) is 0 Å². The van der Waals surface area contributed by atoms with Crippen molar-refractivity contribution in [1.82, 2.24) is 4.90 Å². The minimum absolute atomic E-state index is 0.200. The zero-order valence-corrected chi connectivity index (χ0v) is 12.3. The lowest BCUT2D eigenvalue weighted by molar-refractivity contribution is 0.178. The van der Waals surface area contributed by atoms with Crippen LogP contribution in [-0.4, -0.2) is 25.5 Å². The second kappa shape index (κ2) is 7.11. The second-order valence-electron chi connectivity index (χ2n) is 4.97. The largest absolute Gasteiger partial charge is 0.485 e. The molecule has 0 aliphatic heterocycles. The fraction of sp³-hybridized carbons (Fsp3) is 0.333. The van der Waals surface area contributed by atoms with Crippen molar-refractivity contribution in [3.05, 3.63) is 65.7 Å². The Morgan fingerprint density at radius 2 is 1.90 bits per heavy atom. The summed E-state index contributed by atoms with van der Waals surface area (Å²) in [5.41, 5.74) is 1.86. The summed E-state index contributed by atoms with van der Waals surface area (Å²) in [6, 6.07) is 15.3. The maximum atomic E-state index is 8.20. The van der Waals surface area contributed by atoms with E-state index in [1.807, 2.05) is 43.3 Å². The summed E-state index contributed by atoms with van der Waals surface area (Å²) in [5.74, 6) is 0.626. The van der Waals surface area contributed by atoms with Crippen LogP contribution in [0, 0.1) is 6.92 Å². The lowest BCUT2D eigenvalue weighted by Crippen LogP contribution is -2.19. The predicted octanol–water partition coefficient (Wildman–Crippen LogP) is 4.07. The first-order valence-electron chi connectivity index (χ1n) is 8.26. The summed E-state index contributed by atoms with van der Waals surface area (Å²) in [4.78, 5) is 1.56. The molecule has 0 spiro atoms. The van der Waals surface area contributed by atoms with E-state index in [4.69, 9.17) is 8.85 Å². The maximum Gasteiger partial charge on any atom is 0.125 e. The van der Waals surface area contributed by atoms with Gasteiger partial charge in [-0.25, -0.2) is 0 Å². The monoisotopic (exact) mass is 272 g/mol. The standard InChI is InChI=1S/C18H23NO/c1-15-9-7-8-12-17(15)20-18(13-14-19(2)3)16-10-5-4-6-11-16/h4-12,18H,13-14H2,1-3H3/i8D,14D2. The predicted molar refractivity (Wildman–Crippen MR) is 84.2 cm³/mol. The van der Waals surface area contributed by atoms with E-state index in [0.29, 0.717) is 11.8 Å². The van der Waals surface area contributed by atoms with Gasteiger partial charge in [-0.1, -0.05) is 48.5 Å². The normalized spacial score (nSPS) is 15.3. The molecule has 0 bridgehead atoms. The lowest BCUT2D eigenvalue weighted by Gasteiger charge is -2.22. The molecule has 1 unspecified atom stereocenters. The molecular formula is C18H23NO. The van der Waals surface area contributed by atoms with E-state index < -0.39 is 12.6 Å². The Labute approximate surface area is 126 Å². The molecule has 0 aliphatic rings. The number of hydrogen-bond acceptors (Lipinski definition) is 2. The quantitative estimate of drug-likeness (QED) is 0.786. The number of para-hydroxylation sites is 1. The average Bonchev–Trinajstić information content (AvgIpc) is 2.50. The van der Waals surface area contributed by atoms with Crippen molar-refractivity contribution in [1.29, 1.82) is 0 Å². The number of hydrogen-bond donors (Lipinski definition) is 0. The van der Waals surface area contributed by atoms with E-state index in [1.165, 1.54) is 0 Å². The molecule has 0 saturated carbocycles. The van der Waals surface area contributed by atoms with Crippen molar-refractivity contribution in [3.8, 4) is 5.75 Å². The third-order valence-corrected chi connectivity index (χ3v) is 3.07. The molecule has 0 N–H and O–H groups in total. The minimum atomic E-state index is -1.49. The summed E-state index contributed by atoms with van der Waals surface area (Å²) in [6.07, 6.45) is -0.222. The molecule has 2 heteroatoms. The van der Waals surface area contributed by atoms with Gasteiger partial charge in [0, 0.05) is 15.7 Å². The molecule has 0 saturated heterocycles. The van der Waals surface area contributed by atoms with E-state index >= 15 is 0 Å². The smallest absolute Gasteiger partial charge is 0.125 e. The van der Waals surface area contributed by atoms with Gasteiger partial charge >= 0.3 is 0 Å². The van der Waals surface area contributed by atoms with Crippen molar-refractivity contribution >= 4 is 0 Å². The van der Waals surface area contributed by atoms with Crippen LogP contribution in [0.3, 0.4) is 0 Å². The highest BCUT2D eigenvalue weighted by atomic mass is 16.5. The maximum absolute atomic E-state index is 8.20. The Morgan fingerprint density at radius 3 is 2.60 bits per heavy atom. The molecule has 0 heterocycles. The van der Waals surface area contributed by atoms with Gasteiger partial charge in [0.25, 0.3) is 0 Å². The fourth-order valence-electron chi connectivity index (χ4n) is 1.93. The van der Waals surface area contributed by atoms with Gasteiger partial charge in [0.05, 0.1) is 1.37 Å². The molecule has 2 aromatic carbocycles. The topological polar surface area (TPSA) is 12.5 Å². The number of ether oxygens (including phenoxy) is 1. The third-order valence-electron chi connectivity index (χ3n) is 3.07. The van der Waals surface area contributed by atoms with Gasteiger partial charge in [-0.05, 0) is 38.2 Å². The second-order valence-corrected chi connectivity index (χ2v) is 4.97. The first-order chi connectivity index (χ1) is 10.8. The van der Waals surface area contributed by atoms with Crippen LogP contribution in [-0.2, 0) is 0 Å². The van der Waals surface area contributed by atoms with Gasteiger partial charge in [-0.3, -0.25) is 0 Å². The molecule has 1 atom stereocenters. The molecule has 2 aromatic rings. The number of benzene rings is 2. The van der Waals surface area contributed by atoms with Crippen LogP contribution in [0.5, 0.6) is 5.75 Å². The Kier molecular flexibility index (Phi) is 3.88. The highest BCUT2D eigenvalue weighted by Crippen LogP contribution is 2.27. The molecule has 0 amide bonds. The summed E-state index contributed by atoms with van der Waals surface area (Å²) in [5, 5.41) is 0. The fourth-order valence-corrected chi connectivity index (χ4v) is 1.93. The van der Waals surface area contributed by atoms with Crippen LogP contribution in [0.1, 0.15) is 27.8 Å². The van der Waals surface area contributed by atoms with Crippen LogP contribution < -0.4 is 4.74 Å². The van der Waals surface area contributed by atoms with Gasteiger partial charge in [0.15, 0.2) is 0 Å². The van der Waals surface area contributed by atoms with Gasteiger partial charge in [-0.2, -0.15) is 0 Å². The highest BCUT2D eigenvalue weighted by molar-refractivity contribution is 5.33. The zero-order valence-electron chi connectivity index (χ0n) is 15.3. The van der Waals surface area contributed by atoms with Crippen LogP contribution in [0.15, 0.2) is 54.6 Å². The zero-order chi connectivity index (χ0) is 17.0. The minimum Gasteiger partial charge on any atom is -0.485 e. The molecule has 0 radical (unpaired) electrons. The molecule has 0 aliphatic carbocycles. The molecule has 20 heavy (non-hydrogen) atoms. The molecular weight excluding hydrogens is 246 g/mol. The Hall–Kier alpha value is -1.80. The summed E-state index contributed by atoms with van der Waals surface area (Å²) < 4.78 is 30.3. The van der Waals surface area contributed by atoms with Crippen LogP contribution >= 0.6 is 0 Å². The van der Waals surface area contributed by atoms with Gasteiger partial charge in [0.2, 0.25) is 0 Å². The van der Waals surface area contributed by atoms with Crippen molar-refractivity contribution in [2.45, 2.75) is 19.4 Å². The first-order valence-corrected chi connectivity index (χ1v) is 6.76. The Balaban J connectivity index is 2.32. The summed E-state index contributed by atoms with van der Waals surface area (Å²) in [7, 11) is 3.44. The molecule has 2 nitrogen and oxygen atoms in total.